The molecule has 0 saturated carbocycles. The smallest absolute Gasteiger partial charge is 0.130 e. The highest BCUT2D eigenvalue weighted by Gasteiger charge is 2.46. The number of hydrogen-bond acceptors (Lipinski definition) is 4. The van der Waals surface area contributed by atoms with Gasteiger partial charge in [0, 0.05) is 49.8 Å². The Labute approximate surface area is 179 Å². The average Bonchev–Trinajstić information content (AvgIpc) is 3.19. The van der Waals surface area contributed by atoms with Crippen molar-refractivity contribution in [2.75, 3.05) is 40.9 Å². The Morgan fingerprint density at radius 1 is 0.967 bits per heavy atom. The molecule has 4 heterocycles. The fourth-order valence-corrected chi connectivity index (χ4v) is 5.91. The third-order valence-corrected chi connectivity index (χ3v) is 7.38. The Balaban J connectivity index is 1.44. The van der Waals surface area contributed by atoms with Gasteiger partial charge < -0.3 is 14.7 Å². The van der Waals surface area contributed by atoms with Crippen molar-refractivity contribution in [1.29, 1.82) is 0 Å². The number of pyridine rings is 1. The molecule has 0 amide bonds. The first-order valence-corrected chi connectivity index (χ1v) is 11.7. The Bertz CT molecular complexity index is 866. The Kier molecular flexibility index (Phi) is 5.53. The summed E-state index contributed by atoms with van der Waals surface area (Å²) in [4.78, 5) is 12.3. The highest BCUT2D eigenvalue weighted by molar-refractivity contribution is 5.58. The van der Waals surface area contributed by atoms with E-state index in [4.69, 9.17) is 4.98 Å². The second kappa shape index (κ2) is 8.44. The maximum atomic E-state index is 14.0. The number of piperidine rings is 2. The number of aromatic nitrogens is 1. The van der Waals surface area contributed by atoms with Crippen LogP contribution in [0.25, 0.3) is 0 Å². The van der Waals surface area contributed by atoms with Crippen LogP contribution in [0.4, 0.5) is 21.6 Å². The molecule has 4 nitrogen and oxygen atoms in total. The average molecular weight is 409 g/mol. The molecule has 1 aromatic carbocycles. The van der Waals surface area contributed by atoms with Crippen LogP contribution in [0, 0.1) is 11.7 Å². The molecule has 3 aliphatic rings. The van der Waals surface area contributed by atoms with Gasteiger partial charge in [-0.05, 0) is 68.7 Å². The van der Waals surface area contributed by atoms with Crippen molar-refractivity contribution in [2.45, 2.75) is 57.5 Å². The number of nitrogens with zero attached hydrogens (tertiary/aromatic N) is 4. The predicted molar refractivity (Wildman–Crippen MR) is 122 cm³/mol. The lowest BCUT2D eigenvalue weighted by atomic mass is 9.88. The van der Waals surface area contributed by atoms with E-state index in [-0.39, 0.29) is 5.82 Å². The molecule has 0 unspecified atom stereocenters. The van der Waals surface area contributed by atoms with Crippen molar-refractivity contribution in [1.82, 2.24) is 4.98 Å². The van der Waals surface area contributed by atoms with Crippen LogP contribution in [0.15, 0.2) is 42.6 Å². The molecule has 3 fully saturated rings. The van der Waals surface area contributed by atoms with E-state index in [1.807, 2.05) is 12.3 Å². The molecule has 0 N–H and O–H groups in total. The zero-order chi connectivity index (χ0) is 20.5. The predicted octanol–water partition coefficient (Wildman–Crippen LogP) is 5.09. The van der Waals surface area contributed by atoms with E-state index in [0.29, 0.717) is 18.0 Å². The van der Waals surface area contributed by atoms with Crippen molar-refractivity contribution in [2.24, 2.45) is 5.92 Å². The summed E-state index contributed by atoms with van der Waals surface area (Å²) in [6, 6.07) is 12.5. The standard InChI is InChI=1S/C25H33FN4/c1-2-19-18-30(24-17-21(11-12-27-24)28-13-4-3-5-14-28)23-10-7-15-29(25(19)23)22-9-6-8-20(26)16-22/h6,8-9,11-12,16-17,19,23,25H,2-5,7,10,13-15,18H2,1H3/t19-,23-,25-/m1/s1. The molecule has 2 aromatic rings. The number of halogens is 1. The molecule has 1 aromatic heterocycles. The van der Waals surface area contributed by atoms with Crippen LogP contribution in [-0.2, 0) is 0 Å². The second-order valence-corrected chi connectivity index (χ2v) is 9.11. The summed E-state index contributed by atoms with van der Waals surface area (Å²) in [7, 11) is 0. The zero-order valence-electron chi connectivity index (χ0n) is 18.0. The summed E-state index contributed by atoms with van der Waals surface area (Å²) in [5, 5.41) is 0. The zero-order valence-corrected chi connectivity index (χ0v) is 18.0. The summed E-state index contributed by atoms with van der Waals surface area (Å²) in [5.41, 5.74) is 2.34. The van der Waals surface area contributed by atoms with E-state index in [0.717, 1.165) is 50.5 Å². The molecule has 0 aliphatic carbocycles. The monoisotopic (exact) mass is 408 g/mol. The summed E-state index contributed by atoms with van der Waals surface area (Å²) >= 11 is 0. The molecule has 5 rings (SSSR count). The largest absolute Gasteiger partial charge is 0.371 e. The van der Waals surface area contributed by atoms with E-state index >= 15 is 0 Å². The fraction of sp³-hybridized carbons (Fsp3) is 0.560. The van der Waals surface area contributed by atoms with Crippen LogP contribution in [0.2, 0.25) is 0 Å². The van der Waals surface area contributed by atoms with Gasteiger partial charge in [-0.25, -0.2) is 9.37 Å². The summed E-state index contributed by atoms with van der Waals surface area (Å²) in [6.07, 6.45) is 9.35. The first kappa shape index (κ1) is 19.7. The highest BCUT2D eigenvalue weighted by Crippen LogP contribution is 2.41. The molecular weight excluding hydrogens is 375 g/mol. The quantitative estimate of drug-likeness (QED) is 0.702. The van der Waals surface area contributed by atoms with Gasteiger partial charge in [-0.15, -0.1) is 0 Å². The molecule has 3 atom stereocenters. The van der Waals surface area contributed by atoms with Gasteiger partial charge in [0.1, 0.15) is 11.6 Å². The van der Waals surface area contributed by atoms with Gasteiger partial charge in [0.2, 0.25) is 0 Å². The number of hydrogen-bond donors (Lipinski definition) is 0. The normalized spacial score (nSPS) is 26.7. The minimum Gasteiger partial charge on any atom is -0.371 e. The molecule has 3 aliphatic heterocycles. The van der Waals surface area contributed by atoms with Gasteiger partial charge in [0.15, 0.2) is 0 Å². The van der Waals surface area contributed by atoms with Crippen LogP contribution in [0.1, 0.15) is 45.4 Å². The number of benzene rings is 1. The second-order valence-electron chi connectivity index (χ2n) is 9.11. The SMILES string of the molecule is CC[C@@H]1CN(c2cc(N3CCCCC3)ccn2)[C@@H]2CCCN(c3cccc(F)c3)[C@H]12. The van der Waals surface area contributed by atoms with Gasteiger partial charge in [0.25, 0.3) is 0 Å². The van der Waals surface area contributed by atoms with Gasteiger partial charge in [-0.3, -0.25) is 0 Å². The van der Waals surface area contributed by atoms with E-state index in [9.17, 15) is 4.39 Å². The molecule has 5 heteroatoms. The maximum Gasteiger partial charge on any atom is 0.130 e. The lowest BCUT2D eigenvalue weighted by Gasteiger charge is -2.43. The molecule has 30 heavy (non-hydrogen) atoms. The van der Waals surface area contributed by atoms with E-state index in [2.05, 4.69) is 39.8 Å². The third-order valence-electron chi connectivity index (χ3n) is 7.38. The first-order chi connectivity index (χ1) is 14.7. The summed E-state index contributed by atoms with van der Waals surface area (Å²) < 4.78 is 14.0. The molecule has 3 saturated heterocycles. The molecule has 0 spiro atoms. The van der Waals surface area contributed by atoms with E-state index < -0.39 is 0 Å². The van der Waals surface area contributed by atoms with Crippen molar-refractivity contribution >= 4 is 17.2 Å². The number of rotatable bonds is 4. The lowest BCUT2D eigenvalue weighted by Crippen LogP contribution is -2.51. The van der Waals surface area contributed by atoms with Crippen molar-refractivity contribution in [3.8, 4) is 0 Å². The minimum absolute atomic E-state index is 0.145. The van der Waals surface area contributed by atoms with Crippen LogP contribution < -0.4 is 14.7 Å². The van der Waals surface area contributed by atoms with Gasteiger partial charge in [0.05, 0.1) is 12.1 Å². The summed E-state index contributed by atoms with van der Waals surface area (Å²) in [5.74, 6) is 1.54. The Hall–Kier alpha value is -2.30. The number of anilines is 3. The molecular formula is C25H33FN4. The topological polar surface area (TPSA) is 22.6 Å². The van der Waals surface area contributed by atoms with Gasteiger partial charge in [-0.1, -0.05) is 13.0 Å². The Morgan fingerprint density at radius 2 is 1.83 bits per heavy atom. The van der Waals surface area contributed by atoms with Crippen molar-refractivity contribution in [3.05, 3.63) is 48.4 Å². The fourth-order valence-electron chi connectivity index (χ4n) is 5.91. The molecule has 0 radical (unpaired) electrons. The van der Waals surface area contributed by atoms with E-state index in [1.54, 1.807) is 12.1 Å². The van der Waals surface area contributed by atoms with Crippen molar-refractivity contribution < 1.29 is 4.39 Å². The molecule has 160 valence electrons. The lowest BCUT2D eigenvalue weighted by molar-refractivity contribution is 0.369. The minimum atomic E-state index is -0.145. The first-order valence-electron chi connectivity index (χ1n) is 11.7. The van der Waals surface area contributed by atoms with Crippen molar-refractivity contribution in [3.63, 3.8) is 0 Å². The van der Waals surface area contributed by atoms with Gasteiger partial charge >= 0.3 is 0 Å². The van der Waals surface area contributed by atoms with Crippen LogP contribution in [0.5, 0.6) is 0 Å². The van der Waals surface area contributed by atoms with Crippen LogP contribution >= 0.6 is 0 Å². The van der Waals surface area contributed by atoms with E-state index in [1.165, 1.54) is 31.4 Å². The maximum absolute atomic E-state index is 14.0. The third kappa shape index (κ3) is 3.63. The molecule has 0 bridgehead atoms. The van der Waals surface area contributed by atoms with Crippen LogP contribution in [0.3, 0.4) is 0 Å². The van der Waals surface area contributed by atoms with Crippen LogP contribution in [-0.4, -0.2) is 43.2 Å². The van der Waals surface area contributed by atoms with Gasteiger partial charge in [-0.2, -0.15) is 0 Å². The Morgan fingerprint density at radius 3 is 2.63 bits per heavy atom. The highest BCUT2D eigenvalue weighted by atomic mass is 19.1. The summed E-state index contributed by atoms with van der Waals surface area (Å²) in [6.45, 7) is 6.65. The number of fused-ring (bicyclic) bond motifs is 1.